The maximum atomic E-state index is 13.0. The van der Waals surface area contributed by atoms with E-state index in [4.69, 9.17) is 0 Å². The number of hydrogen-bond acceptors (Lipinski definition) is 2. The fourth-order valence-electron chi connectivity index (χ4n) is 1.58. The summed E-state index contributed by atoms with van der Waals surface area (Å²) in [4.78, 5) is 0. The van der Waals surface area contributed by atoms with Crippen LogP contribution in [0.4, 0.5) is 14.5 Å². The Bertz CT molecular complexity index is 576. The highest BCUT2D eigenvalue weighted by atomic mass is 79.9. The average molecular weight is 393 g/mol. The van der Waals surface area contributed by atoms with Crippen LogP contribution in [0.5, 0.6) is 5.75 Å². The Morgan fingerprint density at radius 3 is 2.00 bits per heavy atom. The number of phenols is 1. The van der Waals surface area contributed by atoms with Crippen molar-refractivity contribution in [3.63, 3.8) is 0 Å². The van der Waals surface area contributed by atoms with Crippen molar-refractivity contribution in [2.45, 2.75) is 6.54 Å². The van der Waals surface area contributed by atoms with E-state index in [1.165, 1.54) is 12.1 Å². The van der Waals surface area contributed by atoms with Crippen LogP contribution in [-0.4, -0.2) is 5.11 Å². The number of benzene rings is 2. The summed E-state index contributed by atoms with van der Waals surface area (Å²) in [6.07, 6.45) is 0. The number of rotatable bonds is 3. The average Bonchev–Trinajstić information content (AvgIpc) is 2.32. The first-order valence-electron chi connectivity index (χ1n) is 5.32. The second kappa shape index (κ2) is 5.88. The number of hydrogen-bond donors (Lipinski definition) is 2. The fraction of sp³-hybridized carbons (Fsp3) is 0.0769. The van der Waals surface area contributed by atoms with E-state index >= 15 is 0 Å². The van der Waals surface area contributed by atoms with Gasteiger partial charge in [0.15, 0.2) is 0 Å². The molecule has 0 saturated heterocycles. The highest BCUT2D eigenvalue weighted by Crippen LogP contribution is 2.33. The molecule has 0 atom stereocenters. The third kappa shape index (κ3) is 3.67. The van der Waals surface area contributed by atoms with Gasteiger partial charge in [0.2, 0.25) is 0 Å². The van der Waals surface area contributed by atoms with E-state index < -0.39 is 11.6 Å². The molecule has 0 aliphatic heterocycles. The maximum absolute atomic E-state index is 13.0. The van der Waals surface area contributed by atoms with E-state index in [2.05, 4.69) is 37.2 Å². The van der Waals surface area contributed by atoms with Gasteiger partial charge in [-0.3, -0.25) is 0 Å². The number of aromatic hydroxyl groups is 1. The Balaban J connectivity index is 2.14. The largest absolute Gasteiger partial charge is 0.506 e. The lowest BCUT2D eigenvalue weighted by atomic mass is 10.2. The molecule has 6 heteroatoms. The lowest BCUT2D eigenvalue weighted by molar-refractivity contribution is 0.468. The zero-order valence-corrected chi connectivity index (χ0v) is 12.7. The molecule has 0 amide bonds. The first kappa shape index (κ1) is 14.3. The summed E-state index contributed by atoms with van der Waals surface area (Å²) in [5.74, 6) is -1.15. The van der Waals surface area contributed by atoms with Crippen LogP contribution >= 0.6 is 31.9 Å². The van der Waals surface area contributed by atoms with Crippen LogP contribution in [0.2, 0.25) is 0 Å². The van der Waals surface area contributed by atoms with Gasteiger partial charge in [-0.1, -0.05) is 0 Å². The van der Waals surface area contributed by atoms with Crippen molar-refractivity contribution in [3.8, 4) is 5.75 Å². The van der Waals surface area contributed by atoms with E-state index in [1.54, 1.807) is 12.1 Å². The highest BCUT2D eigenvalue weighted by Gasteiger charge is 2.06. The Labute approximate surface area is 125 Å². The molecule has 0 radical (unpaired) electrons. The van der Waals surface area contributed by atoms with Crippen LogP contribution in [0, 0.1) is 11.6 Å². The molecule has 2 N–H and O–H groups in total. The van der Waals surface area contributed by atoms with Crippen LogP contribution in [0.3, 0.4) is 0 Å². The van der Waals surface area contributed by atoms with E-state index in [0.29, 0.717) is 21.2 Å². The molecule has 0 unspecified atom stereocenters. The SMILES string of the molecule is Oc1c(Br)cc(CNc2cc(F)cc(F)c2)cc1Br. The monoisotopic (exact) mass is 391 g/mol. The molecule has 2 nitrogen and oxygen atoms in total. The van der Waals surface area contributed by atoms with Crippen molar-refractivity contribution < 1.29 is 13.9 Å². The molecule has 0 bridgehead atoms. The molecule has 0 aliphatic carbocycles. The summed E-state index contributed by atoms with van der Waals surface area (Å²) in [6.45, 7) is 0.375. The summed E-state index contributed by atoms with van der Waals surface area (Å²) in [6, 6.07) is 6.70. The Morgan fingerprint density at radius 1 is 0.947 bits per heavy atom. The predicted molar refractivity (Wildman–Crippen MR) is 77.2 cm³/mol. The molecule has 0 aliphatic rings. The van der Waals surface area contributed by atoms with Gasteiger partial charge in [-0.05, 0) is 61.7 Å². The lowest BCUT2D eigenvalue weighted by Gasteiger charge is -2.09. The summed E-state index contributed by atoms with van der Waals surface area (Å²) < 4.78 is 27.1. The zero-order valence-electron chi connectivity index (χ0n) is 9.55. The smallest absolute Gasteiger partial charge is 0.143 e. The van der Waals surface area contributed by atoms with Gasteiger partial charge in [0.25, 0.3) is 0 Å². The van der Waals surface area contributed by atoms with Crippen molar-refractivity contribution in [2.24, 2.45) is 0 Å². The maximum Gasteiger partial charge on any atom is 0.143 e. The van der Waals surface area contributed by atoms with Gasteiger partial charge in [-0.25, -0.2) is 8.78 Å². The minimum Gasteiger partial charge on any atom is -0.506 e. The number of phenolic OH excluding ortho intramolecular Hbond substituents is 1. The van der Waals surface area contributed by atoms with Gasteiger partial charge in [0.05, 0.1) is 8.95 Å². The van der Waals surface area contributed by atoms with E-state index in [-0.39, 0.29) is 5.75 Å². The van der Waals surface area contributed by atoms with Gasteiger partial charge < -0.3 is 10.4 Å². The standard InChI is InChI=1S/C13H9Br2F2NO/c14-11-1-7(2-12(15)13(11)19)6-18-10-4-8(16)3-9(17)5-10/h1-5,18-19H,6H2. The van der Waals surface area contributed by atoms with Crippen molar-refractivity contribution >= 4 is 37.5 Å². The Kier molecular flexibility index (Phi) is 4.42. The summed E-state index contributed by atoms with van der Waals surface area (Å²) in [5, 5.41) is 12.5. The van der Waals surface area contributed by atoms with E-state index in [9.17, 15) is 13.9 Å². The molecular weight excluding hydrogens is 384 g/mol. The van der Waals surface area contributed by atoms with E-state index in [1.807, 2.05) is 0 Å². The Hall–Kier alpha value is -1.14. The van der Waals surface area contributed by atoms with Crippen LogP contribution in [0.1, 0.15) is 5.56 Å². The van der Waals surface area contributed by atoms with Gasteiger partial charge in [0.1, 0.15) is 17.4 Å². The topological polar surface area (TPSA) is 32.3 Å². The molecule has 100 valence electrons. The highest BCUT2D eigenvalue weighted by molar-refractivity contribution is 9.11. The van der Waals surface area contributed by atoms with Gasteiger partial charge >= 0.3 is 0 Å². The summed E-state index contributed by atoms with van der Waals surface area (Å²) in [7, 11) is 0. The molecule has 0 heterocycles. The van der Waals surface area contributed by atoms with Crippen molar-refractivity contribution in [1.29, 1.82) is 0 Å². The molecule has 0 saturated carbocycles. The quantitative estimate of drug-likeness (QED) is 0.785. The van der Waals surface area contributed by atoms with Crippen molar-refractivity contribution in [1.82, 2.24) is 0 Å². The van der Waals surface area contributed by atoms with Crippen LogP contribution in [-0.2, 0) is 6.54 Å². The summed E-state index contributed by atoms with van der Waals surface area (Å²) in [5.41, 5.74) is 1.21. The Morgan fingerprint density at radius 2 is 1.47 bits per heavy atom. The molecule has 2 aromatic rings. The number of anilines is 1. The van der Waals surface area contributed by atoms with Crippen LogP contribution in [0.15, 0.2) is 39.3 Å². The minimum atomic E-state index is -0.629. The molecule has 19 heavy (non-hydrogen) atoms. The molecule has 2 aromatic carbocycles. The first-order chi connectivity index (χ1) is 8.95. The molecule has 0 spiro atoms. The lowest BCUT2D eigenvalue weighted by Crippen LogP contribution is -2.00. The molecule has 0 aromatic heterocycles. The third-order valence-electron chi connectivity index (χ3n) is 2.44. The molecule has 0 fully saturated rings. The summed E-state index contributed by atoms with van der Waals surface area (Å²) >= 11 is 6.44. The molecule has 2 rings (SSSR count). The number of halogens is 4. The van der Waals surface area contributed by atoms with Gasteiger partial charge in [0, 0.05) is 18.3 Å². The van der Waals surface area contributed by atoms with Gasteiger partial charge in [-0.15, -0.1) is 0 Å². The number of nitrogens with one attached hydrogen (secondary N) is 1. The second-order valence-corrected chi connectivity index (χ2v) is 5.63. The van der Waals surface area contributed by atoms with Crippen LogP contribution < -0.4 is 5.32 Å². The minimum absolute atomic E-state index is 0.112. The van der Waals surface area contributed by atoms with Crippen LogP contribution in [0.25, 0.3) is 0 Å². The van der Waals surface area contributed by atoms with E-state index in [0.717, 1.165) is 11.6 Å². The zero-order chi connectivity index (χ0) is 14.0. The normalized spacial score (nSPS) is 10.5. The first-order valence-corrected chi connectivity index (χ1v) is 6.91. The molecular formula is C13H9Br2F2NO. The third-order valence-corrected chi connectivity index (χ3v) is 3.64. The second-order valence-electron chi connectivity index (χ2n) is 3.92. The van der Waals surface area contributed by atoms with Crippen molar-refractivity contribution in [2.75, 3.05) is 5.32 Å². The predicted octanol–water partition coefficient (Wildman–Crippen LogP) is 4.81. The van der Waals surface area contributed by atoms with Crippen molar-refractivity contribution in [3.05, 3.63) is 56.5 Å². The van der Waals surface area contributed by atoms with Gasteiger partial charge in [-0.2, -0.15) is 0 Å². The fourth-order valence-corrected chi connectivity index (χ4v) is 2.86.